The molecule has 0 aromatic heterocycles. The summed E-state index contributed by atoms with van der Waals surface area (Å²) in [5.74, 6) is 0.452. The van der Waals surface area contributed by atoms with E-state index in [0.29, 0.717) is 17.2 Å². The molecule has 0 spiro atoms. The van der Waals surface area contributed by atoms with Gasteiger partial charge in [0.05, 0.1) is 19.8 Å². The van der Waals surface area contributed by atoms with Crippen molar-refractivity contribution in [1.29, 1.82) is 0 Å². The Labute approximate surface area is 159 Å². The number of carbonyl (C=O) groups excluding carboxylic acids is 1. The minimum Gasteiger partial charge on any atom is -0.497 e. The lowest BCUT2D eigenvalue weighted by molar-refractivity contribution is 0.0601. The lowest BCUT2D eigenvalue weighted by Crippen LogP contribution is -2.35. The standard InChI is InChI=1S/C19H23N3O3S/c1-22(16-7-9-17(24-2)10-8-16)12-11-20-19(26)21-15-6-4-5-14(13-15)18(23)25-3/h4-10,13H,11-12H2,1-3H3,(H2,20,21,26). The van der Waals surface area contributed by atoms with Crippen molar-refractivity contribution in [1.82, 2.24) is 5.32 Å². The summed E-state index contributed by atoms with van der Waals surface area (Å²) in [6.45, 7) is 1.45. The molecule has 0 bridgehead atoms. The summed E-state index contributed by atoms with van der Waals surface area (Å²) in [6, 6.07) is 14.9. The topological polar surface area (TPSA) is 62.8 Å². The molecule has 0 aliphatic carbocycles. The molecule has 0 unspecified atom stereocenters. The van der Waals surface area contributed by atoms with E-state index in [1.165, 1.54) is 7.11 Å². The summed E-state index contributed by atoms with van der Waals surface area (Å²) in [5, 5.41) is 6.72. The van der Waals surface area contributed by atoms with Crippen molar-refractivity contribution in [2.75, 3.05) is 44.6 Å². The first-order chi connectivity index (χ1) is 12.5. The highest BCUT2D eigenvalue weighted by Crippen LogP contribution is 2.17. The average Bonchev–Trinajstić information content (AvgIpc) is 2.67. The van der Waals surface area contributed by atoms with Crippen LogP contribution in [-0.2, 0) is 4.74 Å². The van der Waals surface area contributed by atoms with Gasteiger partial charge in [-0.2, -0.15) is 0 Å². The number of benzene rings is 2. The third-order valence-corrected chi connectivity index (χ3v) is 4.03. The van der Waals surface area contributed by atoms with E-state index in [9.17, 15) is 4.79 Å². The zero-order chi connectivity index (χ0) is 18.9. The van der Waals surface area contributed by atoms with Gasteiger partial charge in [0.2, 0.25) is 0 Å². The van der Waals surface area contributed by atoms with Crippen LogP contribution in [0.3, 0.4) is 0 Å². The van der Waals surface area contributed by atoms with Crippen LogP contribution in [0, 0.1) is 0 Å². The van der Waals surface area contributed by atoms with Gasteiger partial charge in [-0.1, -0.05) is 6.07 Å². The fourth-order valence-electron chi connectivity index (χ4n) is 2.32. The summed E-state index contributed by atoms with van der Waals surface area (Å²) < 4.78 is 9.88. The zero-order valence-electron chi connectivity index (χ0n) is 15.1. The normalized spacial score (nSPS) is 9.96. The molecular weight excluding hydrogens is 350 g/mol. The predicted octanol–water partition coefficient (Wildman–Crippen LogP) is 2.90. The summed E-state index contributed by atoms with van der Waals surface area (Å²) in [6.07, 6.45) is 0. The van der Waals surface area contributed by atoms with Gasteiger partial charge in [-0.3, -0.25) is 0 Å². The van der Waals surface area contributed by atoms with E-state index in [4.69, 9.17) is 21.7 Å². The van der Waals surface area contributed by atoms with Crippen molar-refractivity contribution in [2.45, 2.75) is 0 Å². The molecule has 26 heavy (non-hydrogen) atoms. The number of esters is 1. The van der Waals surface area contributed by atoms with Crippen LogP contribution in [0.2, 0.25) is 0 Å². The number of methoxy groups -OCH3 is 2. The Morgan fingerprint density at radius 3 is 2.54 bits per heavy atom. The van der Waals surface area contributed by atoms with Crippen LogP contribution >= 0.6 is 12.2 Å². The fraction of sp³-hybridized carbons (Fsp3) is 0.263. The van der Waals surface area contributed by atoms with Crippen molar-refractivity contribution in [2.24, 2.45) is 0 Å². The minimum atomic E-state index is -0.381. The average molecular weight is 373 g/mol. The molecule has 138 valence electrons. The summed E-state index contributed by atoms with van der Waals surface area (Å²) in [7, 11) is 5.02. The predicted molar refractivity (Wildman–Crippen MR) is 108 cm³/mol. The smallest absolute Gasteiger partial charge is 0.337 e. The minimum absolute atomic E-state index is 0.381. The van der Waals surface area contributed by atoms with Gasteiger partial charge >= 0.3 is 5.97 Å². The van der Waals surface area contributed by atoms with Crippen molar-refractivity contribution in [3.63, 3.8) is 0 Å². The van der Waals surface area contributed by atoms with Crippen LogP contribution in [0.5, 0.6) is 5.75 Å². The van der Waals surface area contributed by atoms with Crippen molar-refractivity contribution < 1.29 is 14.3 Å². The van der Waals surface area contributed by atoms with Crippen LogP contribution < -0.4 is 20.3 Å². The Morgan fingerprint density at radius 2 is 1.88 bits per heavy atom. The molecule has 0 atom stereocenters. The third kappa shape index (κ3) is 5.63. The third-order valence-electron chi connectivity index (χ3n) is 3.79. The van der Waals surface area contributed by atoms with Gasteiger partial charge in [0.15, 0.2) is 5.11 Å². The lowest BCUT2D eigenvalue weighted by Gasteiger charge is -2.20. The lowest BCUT2D eigenvalue weighted by atomic mass is 10.2. The number of likely N-dealkylation sites (N-methyl/N-ethyl adjacent to an activating group) is 1. The van der Waals surface area contributed by atoms with Gasteiger partial charge in [0.1, 0.15) is 5.75 Å². The number of nitrogens with one attached hydrogen (secondary N) is 2. The second kappa shape index (κ2) is 9.62. The summed E-state index contributed by atoms with van der Waals surface area (Å²) >= 11 is 5.30. The SMILES string of the molecule is COC(=O)c1cccc(NC(=S)NCCN(C)c2ccc(OC)cc2)c1. The molecule has 7 heteroatoms. The number of carbonyl (C=O) groups is 1. The number of thiocarbonyl (C=S) groups is 1. The fourth-order valence-corrected chi connectivity index (χ4v) is 2.54. The number of hydrogen-bond acceptors (Lipinski definition) is 5. The molecule has 2 N–H and O–H groups in total. The van der Waals surface area contributed by atoms with E-state index < -0.39 is 0 Å². The second-order valence-corrected chi connectivity index (χ2v) is 5.98. The Morgan fingerprint density at radius 1 is 1.15 bits per heavy atom. The number of ether oxygens (including phenoxy) is 2. The van der Waals surface area contributed by atoms with E-state index in [1.807, 2.05) is 37.4 Å². The van der Waals surface area contributed by atoms with Crippen LogP contribution in [0.25, 0.3) is 0 Å². The van der Waals surface area contributed by atoms with E-state index in [0.717, 1.165) is 23.7 Å². The number of anilines is 2. The van der Waals surface area contributed by atoms with Crippen LogP contribution in [0.1, 0.15) is 10.4 Å². The van der Waals surface area contributed by atoms with Crippen LogP contribution in [0.15, 0.2) is 48.5 Å². The molecule has 0 saturated heterocycles. The van der Waals surface area contributed by atoms with Gasteiger partial charge < -0.3 is 25.0 Å². The first-order valence-corrected chi connectivity index (χ1v) is 8.52. The first kappa shape index (κ1) is 19.5. The Bertz CT molecular complexity index is 750. The molecule has 0 radical (unpaired) electrons. The maximum Gasteiger partial charge on any atom is 0.337 e. The van der Waals surface area contributed by atoms with Gasteiger partial charge in [-0.05, 0) is 54.7 Å². The van der Waals surface area contributed by atoms with E-state index in [-0.39, 0.29) is 5.97 Å². The van der Waals surface area contributed by atoms with E-state index >= 15 is 0 Å². The molecular formula is C19H23N3O3S. The van der Waals surface area contributed by atoms with Crippen LogP contribution in [-0.4, -0.2) is 45.4 Å². The number of nitrogens with zero attached hydrogens (tertiary/aromatic N) is 1. The highest BCUT2D eigenvalue weighted by molar-refractivity contribution is 7.80. The Kier molecular flexibility index (Phi) is 7.23. The van der Waals surface area contributed by atoms with Crippen molar-refractivity contribution >= 4 is 34.7 Å². The highest BCUT2D eigenvalue weighted by atomic mass is 32.1. The summed E-state index contributed by atoms with van der Waals surface area (Å²) in [4.78, 5) is 13.7. The molecule has 2 aromatic rings. The molecule has 2 aromatic carbocycles. The molecule has 0 aliphatic rings. The molecule has 0 fully saturated rings. The molecule has 0 aliphatic heterocycles. The molecule has 0 saturated carbocycles. The number of hydrogen-bond donors (Lipinski definition) is 2. The Hall–Kier alpha value is -2.80. The quantitative estimate of drug-likeness (QED) is 0.571. The molecule has 2 rings (SSSR count). The zero-order valence-corrected chi connectivity index (χ0v) is 15.9. The summed E-state index contributed by atoms with van der Waals surface area (Å²) in [5.41, 5.74) is 2.30. The molecule has 0 amide bonds. The van der Waals surface area contributed by atoms with Crippen molar-refractivity contribution in [3.05, 3.63) is 54.1 Å². The van der Waals surface area contributed by atoms with Gasteiger partial charge in [-0.25, -0.2) is 4.79 Å². The largest absolute Gasteiger partial charge is 0.497 e. The van der Waals surface area contributed by atoms with E-state index in [1.54, 1.807) is 25.3 Å². The van der Waals surface area contributed by atoms with Crippen LogP contribution in [0.4, 0.5) is 11.4 Å². The molecule has 6 nitrogen and oxygen atoms in total. The maximum atomic E-state index is 11.6. The van der Waals surface area contributed by atoms with Crippen molar-refractivity contribution in [3.8, 4) is 5.75 Å². The highest BCUT2D eigenvalue weighted by Gasteiger charge is 2.06. The monoisotopic (exact) mass is 373 g/mol. The maximum absolute atomic E-state index is 11.6. The first-order valence-electron chi connectivity index (χ1n) is 8.12. The second-order valence-electron chi connectivity index (χ2n) is 5.57. The number of rotatable bonds is 7. The van der Waals surface area contributed by atoms with Gasteiger partial charge in [-0.15, -0.1) is 0 Å². The van der Waals surface area contributed by atoms with Gasteiger partial charge in [0.25, 0.3) is 0 Å². The van der Waals surface area contributed by atoms with E-state index in [2.05, 4.69) is 15.5 Å². The Balaban J connectivity index is 1.80. The molecule has 0 heterocycles. The van der Waals surface area contributed by atoms with Gasteiger partial charge in [0, 0.05) is 31.5 Å².